The first-order valence-corrected chi connectivity index (χ1v) is 8.54. The molecule has 14 heavy (non-hydrogen) atoms. The van der Waals surface area contributed by atoms with E-state index in [-0.39, 0.29) is 0 Å². The first-order valence-electron chi connectivity index (χ1n) is 4.84. The van der Waals surface area contributed by atoms with E-state index in [2.05, 4.69) is 25.0 Å². The zero-order chi connectivity index (χ0) is 11.0. The molecule has 80 valence electrons. The summed E-state index contributed by atoms with van der Waals surface area (Å²) in [4.78, 5) is 0. The summed E-state index contributed by atoms with van der Waals surface area (Å²) < 4.78 is 5.37. The second-order valence-corrected chi connectivity index (χ2v) is 10.1. The summed E-state index contributed by atoms with van der Waals surface area (Å²) in [5.41, 5.74) is 0.666. The van der Waals surface area contributed by atoms with Crippen LogP contribution in [0.3, 0.4) is 0 Å². The van der Waals surface area contributed by atoms with Gasteiger partial charge in [0.15, 0.2) is 0 Å². The average Bonchev–Trinajstić information content (AvgIpc) is 2.08. The van der Waals surface area contributed by atoms with Gasteiger partial charge in [0, 0.05) is 26.5 Å². The number of allylic oxidation sites excluding steroid dienone is 1. The highest BCUT2D eigenvalue weighted by atomic mass is 28.3. The molecule has 0 amide bonds. The van der Waals surface area contributed by atoms with Crippen molar-refractivity contribution in [3.8, 4) is 6.07 Å². The number of rotatable bonds is 6. The summed E-state index contributed by atoms with van der Waals surface area (Å²) in [6.45, 7) is 10.0. The number of nitriles is 1. The van der Waals surface area contributed by atoms with Crippen molar-refractivity contribution in [2.24, 2.45) is 0 Å². The molecule has 4 heteroatoms. The molecule has 0 aromatic rings. The number of hydrogen-bond donors (Lipinski definition) is 1. The third-order valence-electron chi connectivity index (χ3n) is 1.68. The van der Waals surface area contributed by atoms with E-state index >= 15 is 0 Å². The Labute approximate surface area is 87.8 Å². The molecule has 0 aliphatic heterocycles. The van der Waals surface area contributed by atoms with E-state index in [1.807, 2.05) is 6.07 Å². The molecule has 0 radical (unpaired) electrons. The number of ether oxygens (including phenoxy) is 1. The lowest BCUT2D eigenvalue weighted by Crippen LogP contribution is -2.23. The van der Waals surface area contributed by atoms with E-state index in [1.165, 1.54) is 6.04 Å². The number of nitrogens with zero attached hydrogens (tertiary/aromatic N) is 1. The summed E-state index contributed by atoms with van der Waals surface area (Å²) in [7, 11) is -0.967. The molecule has 0 heterocycles. The summed E-state index contributed by atoms with van der Waals surface area (Å²) >= 11 is 0. The van der Waals surface area contributed by atoms with Crippen LogP contribution in [-0.2, 0) is 4.74 Å². The van der Waals surface area contributed by atoms with Gasteiger partial charge in [0.25, 0.3) is 0 Å². The summed E-state index contributed by atoms with van der Waals surface area (Å²) in [6, 6.07) is 3.21. The van der Waals surface area contributed by atoms with Gasteiger partial charge in [-0.15, -0.1) is 0 Å². The maximum Gasteiger partial charge on any atom is 0.116 e. The van der Waals surface area contributed by atoms with Crippen molar-refractivity contribution in [3.63, 3.8) is 0 Å². The van der Waals surface area contributed by atoms with Crippen LogP contribution in [0.2, 0.25) is 25.7 Å². The van der Waals surface area contributed by atoms with Crippen molar-refractivity contribution >= 4 is 8.07 Å². The van der Waals surface area contributed by atoms with Crippen molar-refractivity contribution in [1.82, 2.24) is 5.32 Å². The van der Waals surface area contributed by atoms with E-state index in [0.717, 1.165) is 6.61 Å². The molecule has 1 N–H and O–H groups in total. The fourth-order valence-electron chi connectivity index (χ4n) is 0.736. The summed E-state index contributed by atoms with van der Waals surface area (Å²) in [6.07, 6.45) is 1.68. The van der Waals surface area contributed by atoms with Crippen LogP contribution in [0.25, 0.3) is 0 Å². The maximum atomic E-state index is 8.45. The zero-order valence-electron chi connectivity index (χ0n) is 9.55. The van der Waals surface area contributed by atoms with E-state index in [9.17, 15) is 0 Å². The second-order valence-electron chi connectivity index (χ2n) is 4.51. The topological polar surface area (TPSA) is 45.0 Å². The van der Waals surface area contributed by atoms with Crippen LogP contribution in [0.4, 0.5) is 0 Å². The highest BCUT2D eigenvalue weighted by molar-refractivity contribution is 6.76. The monoisotopic (exact) mass is 212 g/mol. The highest BCUT2D eigenvalue weighted by Crippen LogP contribution is 2.06. The van der Waals surface area contributed by atoms with Gasteiger partial charge in [-0.25, -0.2) is 0 Å². The molecular weight excluding hydrogens is 192 g/mol. The van der Waals surface area contributed by atoms with E-state index in [0.29, 0.717) is 12.3 Å². The van der Waals surface area contributed by atoms with Crippen LogP contribution in [0, 0.1) is 11.3 Å². The van der Waals surface area contributed by atoms with Gasteiger partial charge in [-0.3, -0.25) is 0 Å². The third kappa shape index (κ3) is 9.30. The Morgan fingerprint density at radius 2 is 2.14 bits per heavy atom. The molecule has 0 fully saturated rings. The van der Waals surface area contributed by atoms with Gasteiger partial charge in [-0.1, -0.05) is 19.6 Å². The zero-order valence-corrected chi connectivity index (χ0v) is 10.6. The lowest BCUT2D eigenvalue weighted by molar-refractivity contribution is 0.137. The Hall–Kier alpha value is -0.793. The number of nitrogens with one attached hydrogen (secondary N) is 1. The normalized spacial score (nSPS) is 12.4. The van der Waals surface area contributed by atoms with Crippen LogP contribution in [0.15, 0.2) is 11.8 Å². The molecule has 0 bridgehead atoms. The van der Waals surface area contributed by atoms with Crippen LogP contribution >= 0.6 is 0 Å². The van der Waals surface area contributed by atoms with Crippen molar-refractivity contribution in [2.75, 3.05) is 13.3 Å². The predicted octanol–water partition coefficient (Wildman–Crippen LogP) is 2.32. The minimum Gasteiger partial charge on any atom is -0.368 e. The van der Waals surface area contributed by atoms with Gasteiger partial charge >= 0.3 is 0 Å². The Morgan fingerprint density at radius 3 is 2.64 bits per heavy atom. The van der Waals surface area contributed by atoms with Gasteiger partial charge in [0.1, 0.15) is 6.73 Å². The molecule has 3 nitrogen and oxygen atoms in total. The minimum absolute atomic E-state index is 0.490. The van der Waals surface area contributed by atoms with E-state index in [1.54, 1.807) is 13.1 Å². The van der Waals surface area contributed by atoms with Crippen molar-refractivity contribution < 1.29 is 4.74 Å². The lowest BCUT2D eigenvalue weighted by atomic mass is 10.4. The SMILES string of the molecule is C/C(C#N)=C\NCOCC[Si](C)(C)C. The van der Waals surface area contributed by atoms with Crippen LogP contribution < -0.4 is 5.32 Å². The summed E-state index contributed by atoms with van der Waals surface area (Å²) in [5, 5.41) is 11.4. The van der Waals surface area contributed by atoms with Crippen LogP contribution in [-0.4, -0.2) is 21.4 Å². The molecule has 0 atom stereocenters. The second kappa shape index (κ2) is 6.63. The van der Waals surface area contributed by atoms with Crippen molar-refractivity contribution in [3.05, 3.63) is 11.8 Å². The molecule has 0 aromatic carbocycles. The van der Waals surface area contributed by atoms with Crippen LogP contribution in [0.5, 0.6) is 0 Å². The molecule has 0 aromatic heterocycles. The molecule has 0 unspecified atom stereocenters. The molecule has 0 saturated heterocycles. The fourth-order valence-corrected chi connectivity index (χ4v) is 1.49. The smallest absolute Gasteiger partial charge is 0.116 e. The standard InChI is InChI=1S/C10H20N2OSi/c1-10(7-11)8-12-9-13-5-6-14(2,3)4/h8,12H,5-6,9H2,1-4H3/b10-8+. The summed E-state index contributed by atoms with van der Waals surface area (Å²) in [5.74, 6) is 0. The maximum absolute atomic E-state index is 8.45. The Bertz CT molecular complexity index is 225. The van der Waals surface area contributed by atoms with Gasteiger partial charge in [0.2, 0.25) is 0 Å². The van der Waals surface area contributed by atoms with Gasteiger partial charge in [-0.05, 0) is 13.0 Å². The molecule has 0 saturated carbocycles. The first kappa shape index (κ1) is 13.2. The molecular formula is C10H20N2OSi. The average molecular weight is 212 g/mol. The molecule has 0 rings (SSSR count). The van der Waals surface area contributed by atoms with Crippen LogP contribution in [0.1, 0.15) is 6.92 Å². The third-order valence-corrected chi connectivity index (χ3v) is 3.38. The van der Waals surface area contributed by atoms with Gasteiger partial charge in [-0.2, -0.15) is 5.26 Å². The Morgan fingerprint density at radius 1 is 1.50 bits per heavy atom. The molecule has 0 aliphatic carbocycles. The first-order chi connectivity index (χ1) is 6.45. The molecule has 0 aliphatic rings. The Balaban J connectivity index is 3.37. The van der Waals surface area contributed by atoms with Crippen molar-refractivity contribution in [1.29, 1.82) is 5.26 Å². The fraction of sp³-hybridized carbons (Fsp3) is 0.700. The predicted molar refractivity (Wildman–Crippen MR) is 61.5 cm³/mol. The lowest BCUT2D eigenvalue weighted by Gasteiger charge is -2.15. The van der Waals surface area contributed by atoms with Gasteiger partial charge in [0.05, 0.1) is 6.07 Å². The van der Waals surface area contributed by atoms with E-state index in [4.69, 9.17) is 10.00 Å². The molecule has 0 spiro atoms. The Kier molecular flexibility index (Phi) is 6.25. The van der Waals surface area contributed by atoms with Crippen molar-refractivity contribution in [2.45, 2.75) is 32.6 Å². The van der Waals surface area contributed by atoms with Gasteiger partial charge < -0.3 is 10.1 Å². The highest BCUT2D eigenvalue weighted by Gasteiger charge is 2.11. The number of hydrogen-bond acceptors (Lipinski definition) is 3. The largest absolute Gasteiger partial charge is 0.368 e. The quantitative estimate of drug-likeness (QED) is 0.318. The minimum atomic E-state index is -0.967. The van der Waals surface area contributed by atoms with E-state index < -0.39 is 8.07 Å².